The van der Waals surface area contributed by atoms with Gasteiger partial charge in [-0.25, -0.2) is 0 Å². The maximum Gasteiger partial charge on any atom is 0.0793 e. The van der Waals surface area contributed by atoms with Crippen molar-refractivity contribution in [1.82, 2.24) is 20.0 Å². The zero-order valence-electron chi connectivity index (χ0n) is 16.0. The average Bonchev–Trinajstić information content (AvgIpc) is 2.52. The van der Waals surface area contributed by atoms with E-state index in [9.17, 15) is 10.2 Å². The molecular formula is C17H40N4O2. The van der Waals surface area contributed by atoms with E-state index in [4.69, 9.17) is 0 Å². The summed E-state index contributed by atoms with van der Waals surface area (Å²) in [5.74, 6) is 0. The summed E-state index contributed by atoms with van der Waals surface area (Å²) < 4.78 is 0. The van der Waals surface area contributed by atoms with Crippen molar-refractivity contribution < 1.29 is 10.2 Å². The smallest absolute Gasteiger partial charge is 0.0793 e. The largest absolute Gasteiger partial charge is 0.390 e. The Bertz CT molecular complexity index is 269. The number of rotatable bonds is 15. The van der Waals surface area contributed by atoms with Crippen LogP contribution in [0.3, 0.4) is 0 Å². The van der Waals surface area contributed by atoms with Gasteiger partial charge in [0, 0.05) is 26.2 Å². The van der Waals surface area contributed by atoms with Gasteiger partial charge in [0.2, 0.25) is 0 Å². The van der Waals surface area contributed by atoms with Crippen LogP contribution in [0.25, 0.3) is 0 Å². The summed E-state index contributed by atoms with van der Waals surface area (Å²) in [6.07, 6.45) is 0.424. The summed E-state index contributed by atoms with van der Waals surface area (Å²) in [5.41, 5.74) is 0. The summed E-state index contributed by atoms with van der Waals surface area (Å²) >= 11 is 0. The van der Waals surface area contributed by atoms with Crippen LogP contribution >= 0.6 is 0 Å². The lowest BCUT2D eigenvalue weighted by Crippen LogP contribution is -2.40. The quantitative estimate of drug-likeness (QED) is 0.365. The highest BCUT2D eigenvalue weighted by molar-refractivity contribution is 4.68. The van der Waals surface area contributed by atoms with E-state index in [1.165, 1.54) is 0 Å². The fraction of sp³-hybridized carbons (Fsp3) is 1.00. The summed E-state index contributed by atoms with van der Waals surface area (Å²) in [5, 5.41) is 23.3. The van der Waals surface area contributed by atoms with Crippen LogP contribution in [0.5, 0.6) is 0 Å². The molecule has 2 unspecified atom stereocenters. The van der Waals surface area contributed by atoms with Crippen LogP contribution in [-0.2, 0) is 0 Å². The number of nitrogens with zero attached hydrogens (tertiary/aromatic N) is 3. The third-order valence-corrected chi connectivity index (χ3v) is 4.25. The summed E-state index contributed by atoms with van der Waals surface area (Å²) in [6, 6.07) is 0. The Morgan fingerprint density at radius 3 is 1.91 bits per heavy atom. The van der Waals surface area contributed by atoms with Gasteiger partial charge in [0.1, 0.15) is 0 Å². The second-order valence-corrected chi connectivity index (χ2v) is 6.47. The van der Waals surface area contributed by atoms with Crippen molar-refractivity contribution in [1.29, 1.82) is 0 Å². The van der Waals surface area contributed by atoms with Crippen LogP contribution in [0.2, 0.25) is 0 Å². The first-order valence-corrected chi connectivity index (χ1v) is 9.09. The average molecular weight is 333 g/mol. The molecule has 140 valence electrons. The van der Waals surface area contributed by atoms with Gasteiger partial charge in [-0.1, -0.05) is 20.8 Å². The fourth-order valence-electron chi connectivity index (χ4n) is 2.47. The molecule has 0 saturated carbocycles. The first kappa shape index (κ1) is 22.8. The van der Waals surface area contributed by atoms with Gasteiger partial charge in [0.25, 0.3) is 0 Å². The van der Waals surface area contributed by atoms with Gasteiger partial charge >= 0.3 is 0 Å². The maximum absolute atomic E-state index is 10.1. The van der Waals surface area contributed by atoms with Crippen LogP contribution in [0, 0.1) is 0 Å². The number of hydrogen-bond donors (Lipinski definition) is 3. The van der Waals surface area contributed by atoms with Gasteiger partial charge < -0.3 is 30.2 Å². The topological polar surface area (TPSA) is 62.2 Å². The molecule has 0 amide bonds. The minimum atomic E-state index is -0.311. The van der Waals surface area contributed by atoms with Crippen molar-refractivity contribution in [2.24, 2.45) is 0 Å². The Morgan fingerprint density at radius 1 is 0.826 bits per heavy atom. The molecule has 6 heteroatoms. The van der Waals surface area contributed by atoms with Crippen LogP contribution < -0.4 is 5.32 Å². The van der Waals surface area contributed by atoms with Crippen molar-refractivity contribution in [3.8, 4) is 0 Å². The molecule has 0 bridgehead atoms. The van der Waals surface area contributed by atoms with Gasteiger partial charge in [0.05, 0.1) is 12.2 Å². The van der Waals surface area contributed by atoms with Crippen molar-refractivity contribution in [2.75, 3.05) is 73.0 Å². The zero-order valence-corrected chi connectivity index (χ0v) is 16.0. The van der Waals surface area contributed by atoms with Crippen molar-refractivity contribution >= 4 is 0 Å². The molecule has 0 saturated heterocycles. The van der Waals surface area contributed by atoms with E-state index in [2.05, 4.69) is 40.8 Å². The molecule has 0 spiro atoms. The van der Waals surface area contributed by atoms with Gasteiger partial charge in [-0.2, -0.15) is 0 Å². The number of aliphatic hydroxyl groups is 2. The number of hydrogen-bond acceptors (Lipinski definition) is 6. The first-order chi connectivity index (χ1) is 10.9. The summed E-state index contributed by atoms with van der Waals surface area (Å²) in [6.45, 7) is 13.9. The normalized spacial score (nSPS) is 14.9. The fourth-order valence-corrected chi connectivity index (χ4v) is 2.47. The van der Waals surface area contributed by atoms with E-state index in [0.717, 1.165) is 52.2 Å². The van der Waals surface area contributed by atoms with Gasteiger partial charge in [0.15, 0.2) is 0 Å². The third-order valence-electron chi connectivity index (χ3n) is 4.25. The van der Waals surface area contributed by atoms with Crippen LogP contribution in [0.4, 0.5) is 0 Å². The van der Waals surface area contributed by atoms with Crippen molar-refractivity contribution in [2.45, 2.75) is 39.4 Å². The first-order valence-electron chi connectivity index (χ1n) is 9.09. The SMILES string of the molecule is CCN(C)CC(O)CNCCCN(CC)CC(O)CN(C)CC. The van der Waals surface area contributed by atoms with E-state index >= 15 is 0 Å². The predicted molar refractivity (Wildman–Crippen MR) is 98.0 cm³/mol. The van der Waals surface area contributed by atoms with E-state index in [1.807, 2.05) is 14.1 Å². The highest BCUT2D eigenvalue weighted by atomic mass is 16.3. The van der Waals surface area contributed by atoms with Crippen LogP contribution in [-0.4, -0.2) is 110 Å². The Morgan fingerprint density at radius 2 is 1.39 bits per heavy atom. The van der Waals surface area contributed by atoms with Crippen molar-refractivity contribution in [3.05, 3.63) is 0 Å². The number of aliphatic hydroxyl groups excluding tert-OH is 2. The maximum atomic E-state index is 10.1. The molecule has 2 atom stereocenters. The van der Waals surface area contributed by atoms with Crippen LogP contribution in [0.15, 0.2) is 0 Å². The highest BCUT2D eigenvalue weighted by Crippen LogP contribution is 1.97. The Hall–Kier alpha value is -0.240. The van der Waals surface area contributed by atoms with Gasteiger partial charge in [-0.15, -0.1) is 0 Å². The molecule has 0 fully saturated rings. The minimum absolute atomic E-state index is 0.292. The molecule has 0 aromatic carbocycles. The molecule has 3 N–H and O–H groups in total. The molecule has 0 aliphatic rings. The van der Waals surface area contributed by atoms with Gasteiger partial charge in [-0.05, 0) is 53.2 Å². The molecule has 0 aliphatic carbocycles. The molecular weight excluding hydrogens is 292 g/mol. The highest BCUT2D eigenvalue weighted by Gasteiger charge is 2.12. The van der Waals surface area contributed by atoms with Gasteiger partial charge in [-0.3, -0.25) is 0 Å². The van der Waals surface area contributed by atoms with E-state index in [0.29, 0.717) is 13.1 Å². The van der Waals surface area contributed by atoms with E-state index in [-0.39, 0.29) is 12.2 Å². The molecule has 0 aromatic rings. The standard InChI is InChI=1S/C17H40N4O2/c1-6-19(4)13-16(22)12-18-10-9-11-21(8-3)15-17(23)14-20(5)7-2/h16-18,22-23H,6-15H2,1-5H3. The monoisotopic (exact) mass is 332 g/mol. The zero-order chi connectivity index (χ0) is 17.7. The summed E-state index contributed by atoms with van der Waals surface area (Å²) in [7, 11) is 4.05. The lowest BCUT2D eigenvalue weighted by Gasteiger charge is -2.26. The number of likely N-dealkylation sites (N-methyl/N-ethyl adjacent to an activating group) is 3. The lowest BCUT2D eigenvalue weighted by atomic mass is 10.2. The molecule has 0 heterocycles. The van der Waals surface area contributed by atoms with E-state index in [1.54, 1.807) is 0 Å². The Kier molecular flexibility index (Phi) is 14.0. The second kappa shape index (κ2) is 14.1. The molecule has 23 heavy (non-hydrogen) atoms. The van der Waals surface area contributed by atoms with Crippen molar-refractivity contribution in [3.63, 3.8) is 0 Å². The molecule has 0 aliphatic heterocycles. The van der Waals surface area contributed by atoms with Crippen LogP contribution in [0.1, 0.15) is 27.2 Å². The number of nitrogens with one attached hydrogen (secondary N) is 1. The second-order valence-electron chi connectivity index (χ2n) is 6.47. The lowest BCUT2D eigenvalue weighted by molar-refractivity contribution is 0.0845. The third kappa shape index (κ3) is 12.8. The molecule has 0 aromatic heterocycles. The molecule has 6 nitrogen and oxygen atoms in total. The molecule has 0 radical (unpaired) electrons. The molecule has 0 rings (SSSR count). The predicted octanol–water partition coefficient (Wildman–Crippen LogP) is -0.0868. The minimum Gasteiger partial charge on any atom is -0.390 e. The summed E-state index contributed by atoms with van der Waals surface area (Å²) in [4.78, 5) is 6.53. The Labute approximate surface area is 143 Å². The Balaban J connectivity index is 3.75. The van der Waals surface area contributed by atoms with E-state index < -0.39 is 0 Å².